The van der Waals surface area contributed by atoms with Crippen molar-refractivity contribution < 1.29 is 19.2 Å². The number of non-ortho nitro benzene ring substituents is 1. The Morgan fingerprint density at radius 1 is 1.25 bits per heavy atom. The van der Waals surface area contributed by atoms with Crippen molar-refractivity contribution in [3.8, 4) is 17.1 Å². The molecule has 1 aromatic heterocycles. The Hall–Kier alpha value is -3.93. The van der Waals surface area contributed by atoms with E-state index in [9.17, 15) is 14.9 Å². The molecule has 0 unspecified atom stereocenters. The van der Waals surface area contributed by atoms with Crippen LogP contribution in [-0.2, 0) is 16.6 Å². The fourth-order valence-corrected chi connectivity index (χ4v) is 3.30. The van der Waals surface area contributed by atoms with Gasteiger partial charge in [0.05, 0.1) is 24.3 Å². The summed E-state index contributed by atoms with van der Waals surface area (Å²) in [6.45, 7) is 1.84. The molecule has 32 heavy (non-hydrogen) atoms. The fourth-order valence-electron chi connectivity index (χ4n) is 2.59. The first-order valence-corrected chi connectivity index (χ1v) is 10.2. The van der Waals surface area contributed by atoms with Gasteiger partial charge in [0.2, 0.25) is 5.04 Å². The highest BCUT2D eigenvalue weighted by molar-refractivity contribution is 8.15. The molecule has 0 saturated carbocycles. The number of methoxy groups -OCH3 is 1. The molecule has 0 aliphatic heterocycles. The monoisotopic (exact) mass is 456 g/mol. The van der Waals surface area contributed by atoms with E-state index < -0.39 is 10.9 Å². The highest BCUT2D eigenvalue weighted by atomic mass is 32.2. The molecular weight excluding hydrogens is 436 g/mol. The lowest BCUT2D eigenvalue weighted by molar-refractivity contribution is -0.384. The van der Waals surface area contributed by atoms with Crippen LogP contribution in [0.3, 0.4) is 0 Å². The third kappa shape index (κ3) is 5.40. The zero-order valence-corrected chi connectivity index (χ0v) is 18.3. The van der Waals surface area contributed by atoms with Gasteiger partial charge in [-0.2, -0.15) is 5.10 Å². The maximum atomic E-state index is 12.4. The van der Waals surface area contributed by atoms with E-state index in [0.717, 1.165) is 23.1 Å². The van der Waals surface area contributed by atoms with Gasteiger partial charge in [-0.3, -0.25) is 15.5 Å². The molecule has 0 aliphatic carbocycles. The summed E-state index contributed by atoms with van der Waals surface area (Å²) in [5.41, 5.74) is 3.72. The van der Waals surface area contributed by atoms with Gasteiger partial charge in [-0.25, -0.2) is 4.79 Å². The first kappa shape index (κ1) is 22.7. The number of rotatable bonds is 7. The van der Waals surface area contributed by atoms with Gasteiger partial charge >= 0.3 is 5.97 Å². The van der Waals surface area contributed by atoms with E-state index in [4.69, 9.17) is 9.47 Å². The largest absolute Gasteiger partial charge is 0.497 e. The number of esters is 1. The van der Waals surface area contributed by atoms with E-state index in [2.05, 4.69) is 20.7 Å². The first-order valence-electron chi connectivity index (χ1n) is 9.39. The van der Waals surface area contributed by atoms with Crippen molar-refractivity contribution in [3.63, 3.8) is 0 Å². The minimum atomic E-state index is -0.663. The predicted octanol–water partition coefficient (Wildman–Crippen LogP) is 3.48. The molecule has 0 spiro atoms. The van der Waals surface area contributed by atoms with Gasteiger partial charge in [-0.05, 0) is 49.0 Å². The Morgan fingerprint density at radius 3 is 2.66 bits per heavy atom. The Kier molecular flexibility index (Phi) is 7.39. The van der Waals surface area contributed by atoms with Gasteiger partial charge in [-0.15, -0.1) is 10.2 Å². The molecular formula is C20H20N6O5S. The molecule has 1 N–H and O–H groups in total. The summed E-state index contributed by atoms with van der Waals surface area (Å²) in [7, 11) is 3.35. The van der Waals surface area contributed by atoms with Gasteiger partial charge in [0.15, 0.2) is 11.0 Å². The third-order valence-electron chi connectivity index (χ3n) is 4.16. The number of carbonyl (C=O) groups is 1. The average molecular weight is 456 g/mol. The summed E-state index contributed by atoms with van der Waals surface area (Å²) >= 11 is 0.960. The second-order valence-electron chi connectivity index (χ2n) is 6.25. The van der Waals surface area contributed by atoms with Crippen LogP contribution in [0.1, 0.15) is 6.92 Å². The zero-order valence-electron chi connectivity index (χ0n) is 17.5. The number of anilines is 1. The summed E-state index contributed by atoms with van der Waals surface area (Å²) in [5.74, 6) is 0.643. The van der Waals surface area contributed by atoms with E-state index >= 15 is 0 Å². The summed E-state index contributed by atoms with van der Waals surface area (Å²) in [5, 5.41) is 23.8. The number of carbonyl (C=O) groups excluding carboxylic acids is 1. The molecule has 0 fully saturated rings. The maximum Gasteiger partial charge on any atom is 0.365 e. The number of nitro groups is 1. The number of hydrogen-bond donors (Lipinski definition) is 1. The minimum absolute atomic E-state index is 0.0323. The van der Waals surface area contributed by atoms with Crippen molar-refractivity contribution in [3.05, 3.63) is 58.6 Å². The first-order chi connectivity index (χ1) is 15.4. The van der Waals surface area contributed by atoms with Crippen LogP contribution in [0.2, 0.25) is 0 Å². The lowest BCUT2D eigenvalue weighted by Gasteiger charge is -2.07. The highest BCUT2D eigenvalue weighted by Gasteiger charge is 2.20. The average Bonchev–Trinajstić information content (AvgIpc) is 3.16. The van der Waals surface area contributed by atoms with Gasteiger partial charge in [0.25, 0.3) is 5.69 Å². The van der Waals surface area contributed by atoms with Gasteiger partial charge < -0.3 is 14.0 Å². The summed E-state index contributed by atoms with van der Waals surface area (Å²) < 4.78 is 12.0. The van der Waals surface area contributed by atoms with Crippen LogP contribution in [0.25, 0.3) is 11.4 Å². The maximum absolute atomic E-state index is 12.4. The molecule has 3 rings (SSSR count). The molecule has 3 aromatic rings. The number of thioether (sulfide) groups is 1. The normalized spacial score (nSPS) is 11.2. The number of aromatic nitrogens is 3. The van der Waals surface area contributed by atoms with Crippen molar-refractivity contribution in [2.45, 2.75) is 12.1 Å². The minimum Gasteiger partial charge on any atom is -0.497 e. The van der Waals surface area contributed by atoms with E-state index in [1.165, 1.54) is 18.2 Å². The number of hydrogen-bond acceptors (Lipinski definition) is 10. The van der Waals surface area contributed by atoms with Crippen LogP contribution in [-0.4, -0.2) is 44.4 Å². The lowest BCUT2D eigenvalue weighted by Crippen LogP contribution is -2.16. The fraction of sp³-hybridized carbons (Fsp3) is 0.200. The molecule has 11 nitrogen and oxygen atoms in total. The zero-order chi connectivity index (χ0) is 23.1. The number of nitro benzene ring substituents is 1. The molecule has 0 amide bonds. The van der Waals surface area contributed by atoms with E-state index in [1.807, 2.05) is 24.3 Å². The summed E-state index contributed by atoms with van der Waals surface area (Å²) in [4.78, 5) is 22.8. The molecule has 166 valence electrons. The van der Waals surface area contributed by atoms with Crippen molar-refractivity contribution in [1.29, 1.82) is 0 Å². The Balaban J connectivity index is 1.85. The summed E-state index contributed by atoms with van der Waals surface area (Å²) in [6, 6.07) is 13.1. The standard InChI is InChI=1S/C20H20N6O5S/c1-4-31-19(27)18(23-21-14-6-5-7-15(12-14)26(28)29)32-20-24-22-17(25(20)2)13-8-10-16(30-3)11-9-13/h5-12,21H,4H2,1-3H3/b23-18-. The SMILES string of the molecule is CCOC(=O)/C(=N/Nc1cccc([N+](=O)[O-])c1)Sc1nnc(-c2ccc(OC)cc2)n1C. The number of benzene rings is 2. The predicted molar refractivity (Wildman–Crippen MR) is 120 cm³/mol. The highest BCUT2D eigenvalue weighted by Crippen LogP contribution is 2.26. The van der Waals surface area contributed by atoms with Crippen molar-refractivity contribution in [1.82, 2.24) is 14.8 Å². The van der Waals surface area contributed by atoms with Gasteiger partial charge in [0, 0.05) is 24.7 Å². The summed E-state index contributed by atoms with van der Waals surface area (Å²) in [6.07, 6.45) is 0. The Labute approximate surface area is 187 Å². The van der Waals surface area contributed by atoms with E-state index in [-0.39, 0.29) is 17.3 Å². The molecule has 0 bridgehead atoms. The van der Waals surface area contributed by atoms with Crippen LogP contribution in [0.15, 0.2) is 58.8 Å². The van der Waals surface area contributed by atoms with Crippen LogP contribution < -0.4 is 10.2 Å². The third-order valence-corrected chi connectivity index (χ3v) is 5.15. The number of nitrogens with zero attached hydrogens (tertiary/aromatic N) is 5. The van der Waals surface area contributed by atoms with Crippen LogP contribution in [0.5, 0.6) is 5.75 Å². The topological polar surface area (TPSA) is 134 Å². The van der Waals surface area contributed by atoms with Crippen molar-refractivity contribution >= 4 is 34.1 Å². The van der Waals surface area contributed by atoms with E-state index in [1.54, 1.807) is 31.7 Å². The van der Waals surface area contributed by atoms with Crippen molar-refractivity contribution in [2.24, 2.45) is 12.1 Å². The molecule has 12 heteroatoms. The second-order valence-corrected chi connectivity index (χ2v) is 7.21. The van der Waals surface area contributed by atoms with Crippen molar-refractivity contribution in [2.75, 3.05) is 19.1 Å². The van der Waals surface area contributed by atoms with Crippen LogP contribution in [0.4, 0.5) is 11.4 Å². The van der Waals surface area contributed by atoms with Gasteiger partial charge in [0.1, 0.15) is 5.75 Å². The molecule has 0 aliphatic rings. The number of nitrogens with one attached hydrogen (secondary N) is 1. The lowest BCUT2D eigenvalue weighted by atomic mass is 10.2. The van der Waals surface area contributed by atoms with Crippen LogP contribution >= 0.6 is 11.8 Å². The molecule has 2 aromatic carbocycles. The quantitative estimate of drug-likeness (QED) is 0.142. The number of ether oxygens (including phenoxy) is 2. The molecule has 1 heterocycles. The molecule has 0 radical (unpaired) electrons. The Bertz CT molecular complexity index is 1150. The molecule has 0 atom stereocenters. The smallest absolute Gasteiger partial charge is 0.365 e. The Morgan fingerprint density at radius 2 is 2.00 bits per heavy atom. The second kappa shape index (κ2) is 10.4. The molecule has 0 saturated heterocycles. The van der Waals surface area contributed by atoms with E-state index in [0.29, 0.717) is 16.7 Å². The van der Waals surface area contributed by atoms with Crippen LogP contribution in [0, 0.1) is 10.1 Å². The van der Waals surface area contributed by atoms with Gasteiger partial charge in [-0.1, -0.05) is 6.07 Å². The number of hydrazone groups is 1.